The molecule has 74 valence electrons. The summed E-state index contributed by atoms with van der Waals surface area (Å²) in [6.45, 7) is 11.7. The summed E-state index contributed by atoms with van der Waals surface area (Å²) in [5.41, 5.74) is 0. The smallest absolute Gasteiger partial charge is 0.0386 e. The molecule has 0 spiro atoms. The molecule has 0 aliphatic heterocycles. The zero-order chi connectivity index (χ0) is 9.56. The second-order valence-corrected chi connectivity index (χ2v) is 4.37. The summed E-state index contributed by atoms with van der Waals surface area (Å²) in [6.07, 6.45) is 5.51. The molecule has 0 aliphatic carbocycles. The van der Waals surface area contributed by atoms with Crippen LogP contribution in [0.25, 0.3) is 0 Å². The fourth-order valence-electron chi connectivity index (χ4n) is 2.25. The molecular weight excluding hydrogens is 144 g/mol. The van der Waals surface area contributed by atoms with E-state index in [2.05, 4.69) is 34.6 Å². The maximum Gasteiger partial charge on any atom is -0.0386 e. The number of hydrogen-bond donors (Lipinski definition) is 0. The van der Waals surface area contributed by atoms with Gasteiger partial charge in [-0.25, -0.2) is 0 Å². The molecule has 0 heterocycles. The largest absolute Gasteiger partial charge is 0.0651 e. The van der Waals surface area contributed by atoms with Crippen molar-refractivity contribution in [2.75, 3.05) is 0 Å². The molecule has 0 aromatic heterocycles. The quantitative estimate of drug-likeness (QED) is 0.551. The highest BCUT2D eigenvalue weighted by Crippen LogP contribution is 2.28. The van der Waals surface area contributed by atoms with E-state index in [1.807, 2.05) is 0 Å². The van der Waals surface area contributed by atoms with Crippen molar-refractivity contribution in [2.45, 2.75) is 60.3 Å². The normalized spacial score (nSPS) is 14.2. The summed E-state index contributed by atoms with van der Waals surface area (Å²) in [4.78, 5) is 0. The average Bonchev–Trinajstić information content (AvgIpc) is 2.04. The molecule has 1 atom stereocenters. The van der Waals surface area contributed by atoms with Gasteiger partial charge in [-0.3, -0.25) is 0 Å². The van der Waals surface area contributed by atoms with E-state index < -0.39 is 0 Å². The first-order valence-electron chi connectivity index (χ1n) is 5.65. The molecular formula is C12H26. The van der Waals surface area contributed by atoms with Crippen molar-refractivity contribution < 1.29 is 0 Å². The minimum absolute atomic E-state index is 0.871. The third-order valence-electron chi connectivity index (χ3n) is 3.01. The lowest BCUT2D eigenvalue weighted by atomic mass is 9.81. The van der Waals surface area contributed by atoms with Gasteiger partial charge in [0.2, 0.25) is 0 Å². The Morgan fingerprint density at radius 3 is 1.42 bits per heavy atom. The molecule has 0 amide bonds. The third kappa shape index (κ3) is 4.13. The van der Waals surface area contributed by atoms with E-state index in [-0.39, 0.29) is 0 Å². The van der Waals surface area contributed by atoms with Crippen LogP contribution in [0.4, 0.5) is 0 Å². The van der Waals surface area contributed by atoms with Crippen molar-refractivity contribution in [1.82, 2.24) is 0 Å². The van der Waals surface area contributed by atoms with Crippen molar-refractivity contribution in [2.24, 2.45) is 17.8 Å². The molecule has 12 heavy (non-hydrogen) atoms. The van der Waals surface area contributed by atoms with Crippen LogP contribution in [0.1, 0.15) is 60.3 Å². The summed E-state index contributed by atoms with van der Waals surface area (Å²) < 4.78 is 0. The SMILES string of the molecule is CCC(CC)C(CC)CC(C)C. The van der Waals surface area contributed by atoms with Gasteiger partial charge in [-0.2, -0.15) is 0 Å². The van der Waals surface area contributed by atoms with Crippen LogP contribution >= 0.6 is 0 Å². The van der Waals surface area contributed by atoms with Crippen molar-refractivity contribution in [3.63, 3.8) is 0 Å². The number of rotatable bonds is 6. The first kappa shape index (κ1) is 12.0. The Balaban J connectivity index is 3.92. The monoisotopic (exact) mass is 170 g/mol. The molecule has 0 nitrogen and oxygen atoms in total. The molecule has 0 aliphatic rings. The van der Waals surface area contributed by atoms with Crippen LogP contribution < -0.4 is 0 Å². The van der Waals surface area contributed by atoms with Crippen LogP contribution in [0.15, 0.2) is 0 Å². The zero-order valence-corrected chi connectivity index (χ0v) is 9.56. The molecule has 0 saturated heterocycles. The standard InChI is InChI=1S/C12H26/c1-6-11(7-2)12(8-3)9-10(4)5/h10-12H,6-9H2,1-5H3. The summed E-state index contributed by atoms with van der Waals surface area (Å²) in [5.74, 6) is 2.81. The maximum atomic E-state index is 2.34. The second-order valence-electron chi connectivity index (χ2n) is 4.37. The Labute approximate surface area is 78.8 Å². The Kier molecular flexibility index (Phi) is 6.51. The van der Waals surface area contributed by atoms with E-state index in [0.717, 1.165) is 17.8 Å². The fourth-order valence-corrected chi connectivity index (χ4v) is 2.25. The van der Waals surface area contributed by atoms with Crippen LogP contribution in [0.5, 0.6) is 0 Å². The molecule has 0 heteroatoms. The Bertz CT molecular complexity index is 90.2. The highest BCUT2D eigenvalue weighted by atomic mass is 14.2. The minimum Gasteiger partial charge on any atom is -0.0651 e. The number of hydrogen-bond acceptors (Lipinski definition) is 0. The average molecular weight is 170 g/mol. The minimum atomic E-state index is 0.871. The van der Waals surface area contributed by atoms with Gasteiger partial charge in [0.15, 0.2) is 0 Å². The second kappa shape index (κ2) is 6.51. The summed E-state index contributed by atoms with van der Waals surface area (Å²) in [5, 5.41) is 0. The molecule has 0 radical (unpaired) electrons. The predicted molar refractivity (Wildman–Crippen MR) is 57.3 cm³/mol. The van der Waals surface area contributed by atoms with E-state index in [4.69, 9.17) is 0 Å². The first-order valence-corrected chi connectivity index (χ1v) is 5.65. The van der Waals surface area contributed by atoms with E-state index in [0.29, 0.717) is 0 Å². The lowest BCUT2D eigenvalue weighted by molar-refractivity contribution is 0.258. The third-order valence-corrected chi connectivity index (χ3v) is 3.01. The topological polar surface area (TPSA) is 0 Å². The van der Waals surface area contributed by atoms with Crippen molar-refractivity contribution >= 4 is 0 Å². The van der Waals surface area contributed by atoms with Gasteiger partial charge in [0, 0.05) is 0 Å². The van der Waals surface area contributed by atoms with Gasteiger partial charge in [0.1, 0.15) is 0 Å². The van der Waals surface area contributed by atoms with Crippen LogP contribution in [-0.2, 0) is 0 Å². The van der Waals surface area contributed by atoms with Crippen molar-refractivity contribution in [3.8, 4) is 0 Å². The lowest BCUT2D eigenvalue weighted by Gasteiger charge is -2.25. The molecule has 1 unspecified atom stereocenters. The summed E-state index contributed by atoms with van der Waals surface area (Å²) >= 11 is 0. The van der Waals surface area contributed by atoms with E-state index in [9.17, 15) is 0 Å². The molecule has 0 saturated carbocycles. The van der Waals surface area contributed by atoms with Crippen molar-refractivity contribution in [1.29, 1.82) is 0 Å². The van der Waals surface area contributed by atoms with Gasteiger partial charge in [-0.1, -0.05) is 53.9 Å². The van der Waals surface area contributed by atoms with Gasteiger partial charge in [-0.05, 0) is 24.2 Å². The molecule has 0 fully saturated rings. The summed E-state index contributed by atoms with van der Waals surface area (Å²) in [7, 11) is 0. The van der Waals surface area contributed by atoms with Crippen molar-refractivity contribution in [3.05, 3.63) is 0 Å². The highest BCUT2D eigenvalue weighted by Gasteiger charge is 2.17. The Morgan fingerprint density at radius 1 is 0.750 bits per heavy atom. The molecule has 0 rings (SSSR count). The molecule has 0 aromatic rings. The highest BCUT2D eigenvalue weighted by molar-refractivity contribution is 4.68. The van der Waals surface area contributed by atoms with Crippen LogP contribution in [0, 0.1) is 17.8 Å². The van der Waals surface area contributed by atoms with Crippen LogP contribution in [0.3, 0.4) is 0 Å². The Morgan fingerprint density at radius 2 is 1.17 bits per heavy atom. The zero-order valence-electron chi connectivity index (χ0n) is 9.56. The van der Waals surface area contributed by atoms with Gasteiger partial charge in [0.05, 0.1) is 0 Å². The van der Waals surface area contributed by atoms with Gasteiger partial charge in [0.25, 0.3) is 0 Å². The van der Waals surface area contributed by atoms with Gasteiger partial charge in [-0.15, -0.1) is 0 Å². The van der Waals surface area contributed by atoms with Crippen LogP contribution in [0.2, 0.25) is 0 Å². The molecule has 0 N–H and O–H groups in total. The van der Waals surface area contributed by atoms with E-state index >= 15 is 0 Å². The van der Waals surface area contributed by atoms with E-state index in [1.54, 1.807) is 0 Å². The fraction of sp³-hybridized carbons (Fsp3) is 1.00. The molecule has 0 aromatic carbocycles. The van der Waals surface area contributed by atoms with Gasteiger partial charge >= 0.3 is 0 Å². The Hall–Kier alpha value is 0. The van der Waals surface area contributed by atoms with E-state index in [1.165, 1.54) is 25.7 Å². The first-order chi connectivity index (χ1) is 5.65. The maximum absolute atomic E-state index is 2.34. The van der Waals surface area contributed by atoms with Gasteiger partial charge < -0.3 is 0 Å². The lowest BCUT2D eigenvalue weighted by Crippen LogP contribution is -2.14. The van der Waals surface area contributed by atoms with Crippen LogP contribution in [-0.4, -0.2) is 0 Å². The molecule has 0 bridgehead atoms. The summed E-state index contributed by atoms with van der Waals surface area (Å²) in [6, 6.07) is 0. The predicted octanol–water partition coefficient (Wildman–Crippen LogP) is 4.49.